The SMILES string of the molecule is CCCCCNC(=O)c1coc([C@@H]2C3CC[C@H](O3)[C@@H]2Cc2ccccc2CCC(=O)O)n1.[NaH]. The third-order valence-corrected chi connectivity index (χ3v) is 6.71. The van der Waals surface area contributed by atoms with Gasteiger partial charge in [0.05, 0.1) is 18.1 Å². The zero-order chi connectivity index (χ0) is 22.5. The molecule has 7 nitrogen and oxygen atoms in total. The molecule has 1 unspecified atom stereocenters. The summed E-state index contributed by atoms with van der Waals surface area (Å²) in [6.45, 7) is 2.77. The molecule has 1 aromatic carbocycles. The molecule has 1 aromatic heterocycles. The predicted molar refractivity (Wildman–Crippen MR) is 126 cm³/mol. The Balaban J connectivity index is 0.00000306. The molecule has 3 heterocycles. The van der Waals surface area contributed by atoms with E-state index in [0.717, 1.165) is 49.7 Å². The molecule has 2 bridgehead atoms. The Morgan fingerprint density at radius 2 is 1.91 bits per heavy atom. The number of hydrogen-bond acceptors (Lipinski definition) is 5. The Labute approximate surface area is 217 Å². The minimum atomic E-state index is -0.791. The van der Waals surface area contributed by atoms with Gasteiger partial charge in [-0.3, -0.25) is 9.59 Å². The zero-order valence-electron chi connectivity index (χ0n) is 18.6. The average Bonchev–Trinajstić information content (AvgIpc) is 3.52. The number of aliphatic carboxylic acids is 1. The number of ether oxygens (including phenoxy) is 1. The van der Waals surface area contributed by atoms with E-state index in [4.69, 9.17) is 14.3 Å². The number of unbranched alkanes of at least 4 members (excludes halogenated alkanes) is 2. The molecule has 4 rings (SSSR count). The van der Waals surface area contributed by atoms with E-state index in [0.29, 0.717) is 24.6 Å². The summed E-state index contributed by atoms with van der Waals surface area (Å²) in [5.74, 6) is -0.220. The number of carbonyl (C=O) groups is 2. The van der Waals surface area contributed by atoms with Crippen LogP contribution in [0.25, 0.3) is 0 Å². The molecule has 2 aromatic rings. The van der Waals surface area contributed by atoms with E-state index < -0.39 is 5.97 Å². The zero-order valence-corrected chi connectivity index (χ0v) is 18.6. The fraction of sp³-hybridized carbons (Fsp3) is 0.560. The topological polar surface area (TPSA) is 102 Å². The second-order valence-corrected chi connectivity index (χ2v) is 8.88. The van der Waals surface area contributed by atoms with Crippen LogP contribution in [0.3, 0.4) is 0 Å². The van der Waals surface area contributed by atoms with Gasteiger partial charge < -0.3 is 19.6 Å². The van der Waals surface area contributed by atoms with Crippen molar-refractivity contribution in [3.8, 4) is 0 Å². The van der Waals surface area contributed by atoms with Gasteiger partial charge in [0.2, 0.25) is 5.89 Å². The number of benzene rings is 1. The fourth-order valence-corrected chi connectivity index (χ4v) is 5.08. The van der Waals surface area contributed by atoms with Crippen molar-refractivity contribution in [1.29, 1.82) is 0 Å². The van der Waals surface area contributed by atoms with Crippen LogP contribution in [0.4, 0.5) is 0 Å². The Bertz CT molecular complexity index is 946. The molecule has 0 aliphatic carbocycles. The first kappa shape index (κ1) is 25.9. The predicted octanol–water partition coefficient (Wildman–Crippen LogP) is 3.47. The van der Waals surface area contributed by atoms with Crippen molar-refractivity contribution < 1.29 is 23.8 Å². The second-order valence-electron chi connectivity index (χ2n) is 8.88. The molecular weight excluding hydrogens is 431 g/mol. The number of carboxylic acid groups (broad SMARTS) is 1. The Morgan fingerprint density at radius 1 is 1.15 bits per heavy atom. The van der Waals surface area contributed by atoms with Gasteiger partial charge in [-0.25, -0.2) is 4.98 Å². The minimum absolute atomic E-state index is 0. The molecule has 1 amide bonds. The van der Waals surface area contributed by atoms with Gasteiger partial charge in [0.15, 0.2) is 5.69 Å². The van der Waals surface area contributed by atoms with Crippen molar-refractivity contribution in [2.45, 2.75) is 76.4 Å². The van der Waals surface area contributed by atoms with E-state index in [1.54, 1.807) is 0 Å². The molecule has 2 saturated heterocycles. The van der Waals surface area contributed by atoms with Crippen LogP contribution in [-0.2, 0) is 22.4 Å². The van der Waals surface area contributed by atoms with E-state index in [2.05, 4.69) is 23.3 Å². The first-order valence-electron chi connectivity index (χ1n) is 11.7. The van der Waals surface area contributed by atoms with Crippen molar-refractivity contribution in [1.82, 2.24) is 10.3 Å². The van der Waals surface area contributed by atoms with Crippen molar-refractivity contribution >= 4 is 41.4 Å². The van der Waals surface area contributed by atoms with Crippen molar-refractivity contribution in [3.05, 3.63) is 53.2 Å². The van der Waals surface area contributed by atoms with Gasteiger partial charge in [-0.2, -0.15) is 0 Å². The molecule has 0 saturated carbocycles. The van der Waals surface area contributed by atoms with E-state index >= 15 is 0 Å². The first-order chi connectivity index (χ1) is 15.6. The molecule has 2 fully saturated rings. The molecule has 2 aliphatic heterocycles. The van der Waals surface area contributed by atoms with E-state index in [1.165, 1.54) is 6.26 Å². The molecular formula is C25H33N2NaO5. The number of oxazole rings is 1. The first-order valence-corrected chi connectivity index (χ1v) is 11.7. The quantitative estimate of drug-likeness (QED) is 0.390. The molecule has 2 N–H and O–H groups in total. The molecule has 174 valence electrons. The Kier molecular flexibility index (Phi) is 9.56. The van der Waals surface area contributed by atoms with Gasteiger partial charge in [0.25, 0.3) is 5.91 Å². The second kappa shape index (κ2) is 12.2. The van der Waals surface area contributed by atoms with E-state index in [-0.39, 0.29) is 65.9 Å². The Morgan fingerprint density at radius 3 is 2.67 bits per heavy atom. The molecule has 0 radical (unpaired) electrons. The fourth-order valence-electron chi connectivity index (χ4n) is 5.08. The third-order valence-electron chi connectivity index (χ3n) is 6.71. The molecule has 33 heavy (non-hydrogen) atoms. The van der Waals surface area contributed by atoms with Crippen molar-refractivity contribution in [3.63, 3.8) is 0 Å². The van der Waals surface area contributed by atoms with Gasteiger partial charge in [0, 0.05) is 18.9 Å². The molecule has 2 aliphatic rings. The monoisotopic (exact) mass is 464 g/mol. The van der Waals surface area contributed by atoms with Gasteiger partial charge in [-0.05, 0) is 43.2 Å². The van der Waals surface area contributed by atoms with Crippen molar-refractivity contribution in [2.24, 2.45) is 5.92 Å². The average molecular weight is 465 g/mol. The van der Waals surface area contributed by atoms with Crippen LogP contribution in [0.1, 0.15) is 78.9 Å². The summed E-state index contributed by atoms with van der Waals surface area (Å²) in [6.07, 6.45) is 8.17. The number of nitrogens with zero attached hydrogens (tertiary/aromatic N) is 1. The number of rotatable bonds is 11. The van der Waals surface area contributed by atoms with Gasteiger partial charge >= 0.3 is 35.5 Å². The number of carbonyl (C=O) groups excluding carboxylic acids is 1. The third kappa shape index (κ3) is 6.27. The number of nitrogens with one attached hydrogen (secondary N) is 1. The van der Waals surface area contributed by atoms with Crippen LogP contribution in [0, 0.1) is 5.92 Å². The van der Waals surface area contributed by atoms with Crippen LogP contribution in [0.5, 0.6) is 0 Å². The maximum atomic E-state index is 12.4. The summed E-state index contributed by atoms with van der Waals surface area (Å²) < 4.78 is 12.0. The van der Waals surface area contributed by atoms with Crippen LogP contribution >= 0.6 is 0 Å². The number of hydrogen-bond donors (Lipinski definition) is 2. The van der Waals surface area contributed by atoms with Crippen molar-refractivity contribution in [2.75, 3.05) is 6.54 Å². The number of carboxylic acids is 1. The van der Waals surface area contributed by atoms with Gasteiger partial charge in [-0.1, -0.05) is 44.0 Å². The number of fused-ring (bicyclic) bond motifs is 2. The molecule has 4 atom stereocenters. The summed E-state index contributed by atoms with van der Waals surface area (Å²) in [4.78, 5) is 28.0. The number of aryl methyl sites for hydroxylation is 1. The summed E-state index contributed by atoms with van der Waals surface area (Å²) in [5.41, 5.74) is 2.54. The maximum absolute atomic E-state index is 12.4. The Hall–Kier alpha value is -1.67. The molecule has 0 spiro atoms. The normalized spacial score (nSPS) is 23.3. The van der Waals surface area contributed by atoms with Gasteiger partial charge in [-0.15, -0.1) is 0 Å². The summed E-state index contributed by atoms with van der Waals surface area (Å²) in [5, 5.41) is 12.0. The summed E-state index contributed by atoms with van der Waals surface area (Å²) >= 11 is 0. The number of aromatic nitrogens is 1. The van der Waals surface area contributed by atoms with Crippen LogP contribution in [0.15, 0.2) is 34.9 Å². The van der Waals surface area contributed by atoms with E-state index in [1.807, 2.05) is 18.2 Å². The summed E-state index contributed by atoms with van der Waals surface area (Å²) in [6, 6.07) is 8.03. The summed E-state index contributed by atoms with van der Waals surface area (Å²) in [7, 11) is 0. The molecule has 8 heteroatoms. The van der Waals surface area contributed by atoms with Crippen LogP contribution in [0.2, 0.25) is 0 Å². The van der Waals surface area contributed by atoms with Crippen LogP contribution < -0.4 is 5.32 Å². The van der Waals surface area contributed by atoms with Gasteiger partial charge in [0.1, 0.15) is 6.26 Å². The van der Waals surface area contributed by atoms with E-state index in [9.17, 15) is 9.59 Å². The van der Waals surface area contributed by atoms with Crippen LogP contribution in [-0.4, -0.2) is 70.3 Å². The number of amides is 1. The standard InChI is InChI=1S/C25H32N2O5.Na.H/c1-2-3-6-13-26-24(30)19-15-31-25(27-19)23-18(20-10-11-21(23)32-20)14-17-8-5-4-7-16(17)9-12-22(28)29;;/h4-5,7-8,15,18,20-21,23H,2-3,6,9-14H2,1H3,(H,26,30)(H,28,29);;/t18-,20-,21?,23-;;/m0../s1.